The Balaban J connectivity index is 0.765. The number of ether oxygens (including phenoxy) is 1. The number of hydrogen-bond donors (Lipinski definition) is 2. The molecule has 4 aromatic heterocycles. The topological polar surface area (TPSA) is 207 Å². The zero-order chi connectivity index (χ0) is 40.5. The van der Waals surface area contributed by atoms with Gasteiger partial charge in [0.1, 0.15) is 23.4 Å². The smallest absolute Gasteiger partial charge is 0.292 e. The first-order valence-corrected chi connectivity index (χ1v) is 20.1. The fraction of sp³-hybridized carbons (Fsp3) is 0.415. The highest BCUT2D eigenvalue weighted by Gasteiger charge is 2.25. The number of hydrogen-bond acceptors (Lipinski definition) is 15. The summed E-state index contributed by atoms with van der Waals surface area (Å²) in [6.07, 6.45) is 5.89. The molecule has 0 bridgehead atoms. The van der Waals surface area contributed by atoms with Gasteiger partial charge in [0.05, 0.1) is 37.1 Å². The quantitative estimate of drug-likeness (QED) is 0.180. The Morgan fingerprint density at radius 3 is 2.47 bits per heavy atom. The summed E-state index contributed by atoms with van der Waals surface area (Å²) in [5, 5.41) is 5.60. The molecule has 0 aliphatic carbocycles. The molecule has 0 radical (unpaired) electrons. The highest BCUT2D eigenvalue weighted by atomic mass is 16.5. The van der Waals surface area contributed by atoms with E-state index in [4.69, 9.17) is 25.7 Å². The third kappa shape index (κ3) is 8.23. The Hall–Kier alpha value is -6.24. The van der Waals surface area contributed by atoms with Crippen LogP contribution in [0.4, 0.5) is 17.8 Å². The number of carbonyl (C=O) groups is 2. The van der Waals surface area contributed by atoms with Gasteiger partial charge in [-0.05, 0) is 48.4 Å². The fourth-order valence-electron chi connectivity index (χ4n) is 8.10. The number of fused-ring (bicyclic) bond motifs is 3. The maximum Gasteiger partial charge on any atom is 0.292 e. The largest absolute Gasteiger partial charge is 0.424 e. The number of benzene rings is 2. The van der Waals surface area contributed by atoms with Gasteiger partial charge in [-0.1, -0.05) is 18.2 Å². The van der Waals surface area contributed by atoms with Crippen molar-refractivity contribution in [3.63, 3.8) is 0 Å². The van der Waals surface area contributed by atoms with E-state index in [1.807, 2.05) is 32.7 Å². The molecular weight excluding hydrogens is 753 g/mol. The van der Waals surface area contributed by atoms with Crippen molar-refractivity contribution in [2.45, 2.75) is 25.9 Å². The number of likely N-dealkylation sites (N-methyl/N-ethyl adjacent to an activating group) is 1. The molecule has 2 aromatic carbocycles. The SMILES string of the molecule is CN1CCN(C(=O)CCOCCN2CCN(c3ncc(C(=O)N4CCc5cc(Cn6nc(-c7ccc8oc(N)nc8c7)c7c(N)ncnc76)ccc5C4)cn3)CC2)CC1. The standard InChI is InChI=1S/C41H48N14O4/c1-50-9-13-52(14-10-50)34(56)7-18-58-19-17-51-11-15-53(16-12-51)41-44-22-31(23-45-41)39(57)54-8-6-28-20-27(2-3-30(28)25-54)24-55-38-35(37(42)46-26-47-38)36(49-55)29-4-5-33-32(21-29)48-40(43)59-33/h2-5,20-23,26H,6-19,24-25H2,1H3,(H2,43,48)(H2,42,46,47). The van der Waals surface area contributed by atoms with E-state index in [9.17, 15) is 9.59 Å². The average molecular weight is 801 g/mol. The third-order valence-electron chi connectivity index (χ3n) is 11.5. The molecule has 0 spiro atoms. The summed E-state index contributed by atoms with van der Waals surface area (Å²) in [5.74, 6) is 1.06. The number of carbonyl (C=O) groups excluding carboxylic acids is 2. The van der Waals surface area contributed by atoms with Gasteiger partial charge in [-0.3, -0.25) is 14.5 Å². The first-order valence-electron chi connectivity index (χ1n) is 20.1. The van der Waals surface area contributed by atoms with Crippen LogP contribution in [0.5, 0.6) is 0 Å². The van der Waals surface area contributed by atoms with Crippen LogP contribution in [0.3, 0.4) is 0 Å². The summed E-state index contributed by atoms with van der Waals surface area (Å²) >= 11 is 0. The van der Waals surface area contributed by atoms with Crippen LogP contribution in [0.15, 0.2) is 59.5 Å². The lowest BCUT2D eigenvalue weighted by Gasteiger charge is -2.34. The zero-order valence-electron chi connectivity index (χ0n) is 33.2. The second kappa shape index (κ2) is 16.6. The van der Waals surface area contributed by atoms with Crippen molar-refractivity contribution in [2.24, 2.45) is 0 Å². The minimum atomic E-state index is -0.0827. The van der Waals surface area contributed by atoms with Crippen molar-refractivity contribution in [2.75, 3.05) is 102 Å². The van der Waals surface area contributed by atoms with E-state index in [2.05, 4.69) is 64.9 Å². The Kier molecular flexibility index (Phi) is 10.7. The van der Waals surface area contributed by atoms with Crippen LogP contribution in [-0.2, 0) is 29.0 Å². The van der Waals surface area contributed by atoms with Crippen molar-refractivity contribution in [3.05, 3.63) is 77.4 Å². The van der Waals surface area contributed by atoms with E-state index in [1.54, 1.807) is 12.4 Å². The van der Waals surface area contributed by atoms with Crippen LogP contribution in [-0.4, -0.2) is 152 Å². The predicted molar refractivity (Wildman–Crippen MR) is 221 cm³/mol. The highest BCUT2D eigenvalue weighted by Crippen LogP contribution is 2.33. The molecule has 306 valence electrons. The first kappa shape index (κ1) is 38.3. The van der Waals surface area contributed by atoms with E-state index in [0.29, 0.717) is 84.4 Å². The molecule has 18 nitrogen and oxygen atoms in total. The molecule has 2 fully saturated rings. The molecule has 6 aromatic rings. The van der Waals surface area contributed by atoms with E-state index in [0.717, 1.165) is 82.0 Å². The molecule has 0 atom stereocenters. The third-order valence-corrected chi connectivity index (χ3v) is 11.5. The molecule has 18 heteroatoms. The summed E-state index contributed by atoms with van der Waals surface area (Å²) in [6.45, 7) is 10.2. The number of nitrogens with zero attached hydrogens (tertiary/aromatic N) is 12. The monoisotopic (exact) mass is 800 g/mol. The summed E-state index contributed by atoms with van der Waals surface area (Å²) in [4.78, 5) is 58.8. The number of aromatic nitrogens is 7. The van der Waals surface area contributed by atoms with Crippen LogP contribution in [0.2, 0.25) is 0 Å². The Morgan fingerprint density at radius 1 is 0.847 bits per heavy atom. The van der Waals surface area contributed by atoms with Crippen LogP contribution in [0.25, 0.3) is 33.4 Å². The van der Waals surface area contributed by atoms with Gasteiger partial charge in [-0.2, -0.15) is 10.1 Å². The molecule has 59 heavy (non-hydrogen) atoms. The lowest BCUT2D eigenvalue weighted by atomic mass is 9.97. The summed E-state index contributed by atoms with van der Waals surface area (Å²) in [5.41, 5.74) is 19.2. The van der Waals surface area contributed by atoms with Gasteiger partial charge >= 0.3 is 0 Å². The summed E-state index contributed by atoms with van der Waals surface area (Å²) < 4.78 is 13.1. The van der Waals surface area contributed by atoms with E-state index < -0.39 is 0 Å². The van der Waals surface area contributed by atoms with Gasteiger partial charge in [-0.15, -0.1) is 0 Å². The molecule has 2 saturated heterocycles. The number of nitrogens with two attached hydrogens (primary N) is 2. The average Bonchev–Trinajstić information content (AvgIpc) is 3.83. The predicted octanol–water partition coefficient (Wildman–Crippen LogP) is 2.14. The second-order valence-electron chi connectivity index (χ2n) is 15.4. The van der Waals surface area contributed by atoms with Crippen LogP contribution in [0, 0.1) is 0 Å². The van der Waals surface area contributed by atoms with Crippen molar-refractivity contribution < 1.29 is 18.7 Å². The Morgan fingerprint density at radius 2 is 1.66 bits per heavy atom. The van der Waals surface area contributed by atoms with Gasteiger partial charge < -0.3 is 40.2 Å². The van der Waals surface area contributed by atoms with Crippen LogP contribution in [0.1, 0.15) is 33.5 Å². The van der Waals surface area contributed by atoms with Crippen LogP contribution >= 0.6 is 0 Å². The molecule has 9 rings (SSSR count). The molecule has 0 saturated carbocycles. The van der Waals surface area contributed by atoms with Crippen molar-refractivity contribution in [1.82, 2.24) is 54.3 Å². The van der Waals surface area contributed by atoms with Crippen molar-refractivity contribution in [1.29, 1.82) is 0 Å². The fourth-order valence-corrected chi connectivity index (χ4v) is 8.10. The summed E-state index contributed by atoms with van der Waals surface area (Å²) in [6, 6.07) is 12.0. The molecule has 0 unspecified atom stereocenters. The number of piperazine rings is 2. The molecule has 2 amide bonds. The highest BCUT2D eigenvalue weighted by molar-refractivity contribution is 5.99. The zero-order valence-corrected chi connectivity index (χ0v) is 33.2. The van der Waals surface area contributed by atoms with Gasteiger partial charge in [-0.25, -0.2) is 24.6 Å². The number of oxazole rings is 1. The van der Waals surface area contributed by atoms with E-state index in [-0.39, 0.29) is 17.8 Å². The summed E-state index contributed by atoms with van der Waals surface area (Å²) in [7, 11) is 2.08. The van der Waals surface area contributed by atoms with E-state index in [1.165, 1.54) is 11.9 Å². The van der Waals surface area contributed by atoms with Crippen molar-refractivity contribution >= 4 is 51.7 Å². The minimum Gasteiger partial charge on any atom is -0.424 e. The molecular formula is C41H48N14O4. The second-order valence-corrected chi connectivity index (χ2v) is 15.4. The number of nitrogen functional groups attached to an aromatic ring is 2. The Labute approximate surface area is 340 Å². The van der Waals surface area contributed by atoms with Gasteiger partial charge in [0.15, 0.2) is 11.2 Å². The normalized spacial score (nSPS) is 16.6. The van der Waals surface area contributed by atoms with Gasteiger partial charge in [0.2, 0.25) is 11.9 Å². The number of amides is 2. The Bertz CT molecular complexity index is 2470. The lowest BCUT2D eigenvalue weighted by molar-refractivity contribution is -0.133. The lowest BCUT2D eigenvalue weighted by Crippen LogP contribution is -2.48. The first-order chi connectivity index (χ1) is 28.8. The maximum atomic E-state index is 13.6. The maximum absolute atomic E-state index is 13.6. The van der Waals surface area contributed by atoms with Gasteiger partial charge in [0.25, 0.3) is 11.9 Å². The number of rotatable bonds is 11. The van der Waals surface area contributed by atoms with Crippen molar-refractivity contribution in [3.8, 4) is 11.3 Å². The number of anilines is 3. The van der Waals surface area contributed by atoms with Crippen LogP contribution < -0.4 is 16.4 Å². The molecule has 3 aliphatic heterocycles. The van der Waals surface area contributed by atoms with E-state index >= 15 is 0 Å². The molecule has 4 N–H and O–H groups in total. The minimum absolute atomic E-state index is 0.0827. The molecule has 3 aliphatic rings. The van der Waals surface area contributed by atoms with Gasteiger partial charge in [0, 0.05) is 89.9 Å². The molecule has 7 heterocycles.